The molecule has 11 aromatic rings. The Kier molecular flexibility index (Phi) is 3.76. The van der Waals surface area contributed by atoms with Crippen molar-refractivity contribution in [2.45, 2.75) is 0 Å². The third kappa shape index (κ3) is 5.28. The van der Waals surface area contributed by atoms with E-state index in [9.17, 15) is 6.85 Å². The smallest absolute Gasteiger partial charge is 0.136 e. The number of para-hydroxylation sites is 2. The maximum atomic E-state index is 9.61. The lowest BCUT2D eigenvalue weighted by Crippen LogP contribution is -2.09. The van der Waals surface area contributed by atoms with Gasteiger partial charge in [-0.15, -0.1) is 0 Å². The van der Waals surface area contributed by atoms with Crippen molar-refractivity contribution in [2.24, 2.45) is 0 Å². The first-order valence-electron chi connectivity index (χ1n) is 27.9. The number of benzene rings is 9. The maximum absolute atomic E-state index is 9.61. The molecule has 3 heteroatoms. The summed E-state index contributed by atoms with van der Waals surface area (Å²) in [7, 11) is 0. The van der Waals surface area contributed by atoms with Crippen LogP contribution in [0.1, 0.15) is 30.2 Å². The molecule has 9 aromatic carbocycles. The van der Waals surface area contributed by atoms with Crippen molar-refractivity contribution in [3.05, 3.63) is 200 Å². The third-order valence-electron chi connectivity index (χ3n) is 9.31. The molecule has 2 heterocycles. The fourth-order valence-corrected chi connectivity index (χ4v) is 6.77. The highest BCUT2D eigenvalue weighted by Crippen LogP contribution is 2.41. The summed E-state index contributed by atoms with van der Waals surface area (Å²) in [5.41, 5.74) is -0.885. The SMILES string of the molecule is [2H]c1cc2oc3c([2H])c([2H])c4cc(-c5ccc(N(c6ccc(-c7c([2H])c([2H])c([2H])c([2H])c7[2H])cc6)c6c([2H])c([2H])c(-c7c([2H])c([2H])c([2H])c8oc9c([2H])c([2H])c([2H])c([2H])c9c78)c([2H])c6[2H])cc5)cc([2H])c4c3c2c([2H])c1[2H]. The van der Waals surface area contributed by atoms with Crippen LogP contribution in [0.2, 0.25) is 0 Å². The van der Waals surface area contributed by atoms with Gasteiger partial charge >= 0.3 is 0 Å². The van der Waals surface area contributed by atoms with Gasteiger partial charge in [0.1, 0.15) is 22.3 Å². The highest BCUT2D eigenvalue weighted by atomic mass is 16.3. The van der Waals surface area contributed by atoms with Gasteiger partial charge in [-0.25, -0.2) is 0 Å². The molecule has 55 heavy (non-hydrogen) atoms. The van der Waals surface area contributed by atoms with Gasteiger partial charge in [0.2, 0.25) is 0 Å². The zero-order valence-corrected chi connectivity index (χ0v) is 28.1. The monoisotopic (exact) mass is 725 g/mol. The Hall–Kier alpha value is -7.36. The molecule has 11 rings (SSSR count). The first-order chi connectivity index (χ1) is 36.4. The van der Waals surface area contributed by atoms with Crippen molar-refractivity contribution >= 4 is 71.7 Å². The number of fused-ring (bicyclic) bond motifs is 8. The minimum absolute atomic E-state index is 0.0587. The molecular weight excluding hydrogens is 671 g/mol. The molecule has 0 aliphatic rings. The molecule has 0 aliphatic heterocycles. The van der Waals surface area contributed by atoms with Crippen molar-refractivity contribution in [1.82, 2.24) is 0 Å². The molecular formula is C52H33NO2. The minimum Gasteiger partial charge on any atom is -0.456 e. The number of furan rings is 2. The quantitative estimate of drug-likeness (QED) is 0.171. The van der Waals surface area contributed by atoms with Crippen LogP contribution in [0.25, 0.3) is 88.0 Å². The normalized spacial score (nSPS) is 17.2. The van der Waals surface area contributed by atoms with Gasteiger partial charge in [-0.1, -0.05) is 133 Å². The molecule has 0 radical (unpaired) electrons. The van der Waals surface area contributed by atoms with Crippen LogP contribution in [-0.2, 0) is 0 Å². The number of hydrogen-bond donors (Lipinski definition) is 0. The van der Waals surface area contributed by atoms with Crippen LogP contribution in [0.15, 0.2) is 208 Å². The van der Waals surface area contributed by atoms with E-state index in [1.807, 2.05) is 0 Å². The van der Waals surface area contributed by atoms with Crippen molar-refractivity contribution in [3.63, 3.8) is 0 Å². The Morgan fingerprint density at radius 2 is 0.982 bits per heavy atom. The van der Waals surface area contributed by atoms with E-state index in [1.54, 1.807) is 30.3 Å². The average Bonchev–Trinajstić information content (AvgIpc) is 4.05. The van der Waals surface area contributed by atoms with Crippen LogP contribution >= 0.6 is 0 Å². The van der Waals surface area contributed by atoms with Crippen LogP contribution in [0.5, 0.6) is 0 Å². The second-order valence-corrected chi connectivity index (χ2v) is 12.4. The minimum atomic E-state index is -0.754. The number of hydrogen-bond acceptors (Lipinski definition) is 3. The average molecular weight is 726 g/mol. The van der Waals surface area contributed by atoms with Gasteiger partial charge in [-0.05, 0) is 111 Å². The molecule has 2 aromatic heterocycles. The van der Waals surface area contributed by atoms with E-state index in [0.717, 1.165) is 0 Å². The lowest BCUT2D eigenvalue weighted by Gasteiger charge is -2.26. The summed E-state index contributed by atoms with van der Waals surface area (Å²) in [6.45, 7) is 0. The van der Waals surface area contributed by atoms with Crippen molar-refractivity contribution < 1.29 is 39.0 Å². The molecule has 0 aliphatic carbocycles. The maximum Gasteiger partial charge on any atom is 0.136 e. The fourth-order valence-electron chi connectivity index (χ4n) is 6.77. The number of nitrogens with zero attached hydrogens (tertiary/aromatic N) is 1. The fraction of sp³-hybridized carbons (Fsp3) is 0. The van der Waals surface area contributed by atoms with E-state index in [2.05, 4.69) is 0 Å². The van der Waals surface area contributed by atoms with E-state index in [-0.39, 0.29) is 108 Å². The van der Waals surface area contributed by atoms with E-state index >= 15 is 0 Å². The molecule has 3 nitrogen and oxygen atoms in total. The van der Waals surface area contributed by atoms with Crippen LogP contribution < -0.4 is 4.90 Å². The Morgan fingerprint density at radius 3 is 1.76 bits per heavy atom. The van der Waals surface area contributed by atoms with Crippen LogP contribution in [0.3, 0.4) is 0 Å². The molecule has 0 N–H and O–H groups in total. The summed E-state index contributed by atoms with van der Waals surface area (Å²) < 4.78 is 204. The number of anilines is 3. The van der Waals surface area contributed by atoms with Gasteiger partial charge in [-0.2, -0.15) is 0 Å². The summed E-state index contributed by atoms with van der Waals surface area (Å²) in [6.07, 6.45) is 0. The summed E-state index contributed by atoms with van der Waals surface area (Å²) in [4.78, 5) is 1.36. The van der Waals surface area contributed by atoms with Crippen molar-refractivity contribution in [2.75, 3.05) is 4.90 Å². The highest BCUT2D eigenvalue weighted by molar-refractivity contribution is 6.19. The molecule has 0 saturated heterocycles. The number of rotatable bonds is 6. The Labute approximate surface area is 348 Å². The van der Waals surface area contributed by atoms with Crippen LogP contribution in [-0.4, -0.2) is 0 Å². The largest absolute Gasteiger partial charge is 0.456 e. The third-order valence-corrected chi connectivity index (χ3v) is 9.31. The zero-order chi connectivity index (χ0) is 55.4. The Bertz CT molecular complexity index is 4420. The van der Waals surface area contributed by atoms with Crippen LogP contribution in [0, 0.1) is 0 Å². The molecule has 0 amide bonds. The lowest BCUT2D eigenvalue weighted by molar-refractivity contribution is 0.668. The van der Waals surface area contributed by atoms with E-state index in [0.29, 0.717) is 11.1 Å². The van der Waals surface area contributed by atoms with Gasteiger partial charge in [-0.3, -0.25) is 0 Å². The topological polar surface area (TPSA) is 29.5 Å². The van der Waals surface area contributed by atoms with Gasteiger partial charge in [0, 0.05) is 38.6 Å². The van der Waals surface area contributed by atoms with Gasteiger partial charge in [0.25, 0.3) is 0 Å². The summed E-state index contributed by atoms with van der Waals surface area (Å²) in [5, 5.41) is 0.0623. The molecule has 0 fully saturated rings. The second kappa shape index (κ2) is 12.6. The Balaban J connectivity index is 1.12. The summed E-state index contributed by atoms with van der Waals surface area (Å²) >= 11 is 0. The van der Waals surface area contributed by atoms with Gasteiger partial charge < -0.3 is 13.7 Å². The molecule has 0 unspecified atom stereocenters. The summed E-state index contributed by atoms with van der Waals surface area (Å²) in [5.74, 6) is 0. The standard InChI is InChI=1S/C52H33NO2/c1-2-9-34(10-3-1)35-17-25-40(26-18-35)53(42-29-21-37(22-30-42)43-13-8-16-49-51(43)45-11-4-6-14-47(45)54-49)41-27-19-36(20-28-41)38-23-31-44-39(33-38)24-32-50-52(44)46-12-5-7-15-48(46)55-50/h1-33H/i1D,2D,3D,4D,5D,6D,7D,8D,9D,10D,11D,12D,13D,14D,16D,21D,22D,24D,29D,30D,31D,32D. The predicted molar refractivity (Wildman–Crippen MR) is 229 cm³/mol. The molecule has 258 valence electrons. The molecule has 0 atom stereocenters. The molecule has 0 saturated carbocycles. The first-order valence-corrected chi connectivity index (χ1v) is 16.9. The molecule has 0 spiro atoms. The predicted octanol–water partition coefficient (Wildman–Crippen LogP) is 15.1. The van der Waals surface area contributed by atoms with Crippen molar-refractivity contribution in [1.29, 1.82) is 0 Å². The highest BCUT2D eigenvalue weighted by Gasteiger charge is 2.17. The van der Waals surface area contributed by atoms with E-state index in [4.69, 9.17) is 32.1 Å². The summed E-state index contributed by atoms with van der Waals surface area (Å²) in [6, 6.07) is 4.50. The second-order valence-electron chi connectivity index (χ2n) is 12.4. The van der Waals surface area contributed by atoms with Gasteiger partial charge in [0.05, 0.1) is 30.2 Å². The Morgan fingerprint density at radius 1 is 0.345 bits per heavy atom. The van der Waals surface area contributed by atoms with Gasteiger partial charge in [0.15, 0.2) is 0 Å². The molecule has 0 bridgehead atoms. The first kappa shape index (κ1) is 16.3. The van der Waals surface area contributed by atoms with E-state index in [1.165, 1.54) is 41.3 Å². The van der Waals surface area contributed by atoms with Crippen molar-refractivity contribution in [3.8, 4) is 33.4 Å². The van der Waals surface area contributed by atoms with Crippen LogP contribution in [0.4, 0.5) is 17.1 Å². The zero-order valence-electron chi connectivity index (χ0n) is 50.1. The lowest BCUT2D eigenvalue weighted by atomic mass is 9.98. The van der Waals surface area contributed by atoms with E-state index < -0.39 is 119 Å².